The van der Waals surface area contributed by atoms with E-state index in [-0.39, 0.29) is 52.9 Å². The average Bonchev–Trinajstić information content (AvgIpc) is 3.01. The van der Waals surface area contributed by atoms with Crippen LogP contribution < -0.4 is 14.2 Å². The van der Waals surface area contributed by atoms with Crippen molar-refractivity contribution in [3.05, 3.63) is 83.4 Å². The van der Waals surface area contributed by atoms with Crippen molar-refractivity contribution >= 4 is 21.9 Å². The summed E-state index contributed by atoms with van der Waals surface area (Å²) in [6, 6.07) is 13.1. The monoisotopic (exact) mass is 686 g/mol. The lowest BCUT2D eigenvalue weighted by atomic mass is 9.87. The summed E-state index contributed by atoms with van der Waals surface area (Å²) in [7, 11) is -4.18. The maximum Gasteiger partial charge on any atom is 0.264 e. The molecule has 1 aliphatic heterocycles. The molecule has 2 aromatic carbocycles. The van der Waals surface area contributed by atoms with Crippen molar-refractivity contribution < 1.29 is 22.7 Å². The Hall–Kier alpha value is -4.58. The molecule has 12 heteroatoms. The highest BCUT2D eigenvalue weighted by atomic mass is 32.2. The lowest BCUT2D eigenvalue weighted by Gasteiger charge is -2.35. The molecule has 1 aliphatic rings. The number of benzene rings is 2. The van der Waals surface area contributed by atoms with Crippen molar-refractivity contribution in [1.29, 1.82) is 0 Å². The summed E-state index contributed by atoms with van der Waals surface area (Å²) in [5.74, 6) is 1.11. The Morgan fingerprint density at radius 1 is 1.00 bits per heavy atom. The Morgan fingerprint density at radius 2 is 1.67 bits per heavy atom. The SMILES string of the molecule is Cc1cccc(C)c1-c1cc2nc(n1)NS(=O)(=O)c1cccc(c1)C(=O)N(Cc1ncc(OC(C)CC(C)C)cn1)[C@H](CC(C)(C)C)CO2. The quantitative estimate of drug-likeness (QED) is 0.208. The fourth-order valence-electron chi connectivity index (χ4n) is 6.13. The molecular formula is C37H46N6O5S. The zero-order valence-electron chi connectivity index (χ0n) is 29.5. The van der Waals surface area contributed by atoms with Crippen LogP contribution in [0.15, 0.2) is 65.8 Å². The van der Waals surface area contributed by atoms with E-state index in [9.17, 15) is 13.2 Å². The Bertz CT molecular complexity index is 1890. The topological polar surface area (TPSA) is 136 Å². The van der Waals surface area contributed by atoms with Crippen LogP contribution in [0.5, 0.6) is 11.6 Å². The Balaban J connectivity index is 1.58. The predicted molar refractivity (Wildman–Crippen MR) is 189 cm³/mol. The van der Waals surface area contributed by atoms with E-state index in [4.69, 9.17) is 9.47 Å². The maximum atomic E-state index is 14.4. The number of hydrogen-bond acceptors (Lipinski definition) is 9. The van der Waals surface area contributed by atoms with Gasteiger partial charge < -0.3 is 14.4 Å². The van der Waals surface area contributed by atoms with E-state index < -0.39 is 16.1 Å². The van der Waals surface area contributed by atoms with Crippen LogP contribution in [0.1, 0.15) is 81.7 Å². The van der Waals surface area contributed by atoms with Gasteiger partial charge in [-0.25, -0.2) is 28.1 Å². The van der Waals surface area contributed by atoms with E-state index in [1.807, 2.05) is 39.0 Å². The summed E-state index contributed by atoms with van der Waals surface area (Å²) in [4.78, 5) is 34.1. The Morgan fingerprint density at radius 3 is 2.33 bits per heavy atom. The zero-order valence-corrected chi connectivity index (χ0v) is 30.3. The summed E-state index contributed by atoms with van der Waals surface area (Å²) < 4.78 is 42.2. The van der Waals surface area contributed by atoms with Gasteiger partial charge in [0.2, 0.25) is 11.8 Å². The van der Waals surface area contributed by atoms with Crippen molar-refractivity contribution in [2.75, 3.05) is 11.3 Å². The van der Waals surface area contributed by atoms with Gasteiger partial charge in [-0.05, 0) is 74.3 Å². The largest absolute Gasteiger partial charge is 0.487 e. The van der Waals surface area contributed by atoms with Crippen LogP contribution in [-0.4, -0.2) is 57.9 Å². The molecule has 4 bridgehead atoms. The number of carbonyl (C=O) groups excluding carboxylic acids is 1. The Kier molecular flexibility index (Phi) is 10.6. The number of fused-ring (bicyclic) bond motifs is 4. The highest BCUT2D eigenvalue weighted by Crippen LogP contribution is 2.31. The first-order valence-corrected chi connectivity index (χ1v) is 18.1. The third-order valence-electron chi connectivity index (χ3n) is 8.16. The van der Waals surface area contributed by atoms with Crippen LogP contribution in [0.2, 0.25) is 0 Å². The lowest BCUT2D eigenvalue weighted by molar-refractivity contribution is 0.0505. The van der Waals surface area contributed by atoms with Crippen molar-refractivity contribution in [1.82, 2.24) is 24.8 Å². The number of nitrogens with one attached hydrogen (secondary N) is 1. The summed E-state index contributed by atoms with van der Waals surface area (Å²) in [6.45, 7) is 16.7. The molecule has 0 fully saturated rings. The number of nitrogens with zero attached hydrogens (tertiary/aromatic N) is 5. The second-order valence-electron chi connectivity index (χ2n) is 14.4. The maximum absolute atomic E-state index is 14.4. The number of sulfonamides is 1. The van der Waals surface area contributed by atoms with Crippen molar-refractivity contribution in [3.8, 4) is 22.9 Å². The van der Waals surface area contributed by atoms with Gasteiger partial charge in [0.25, 0.3) is 15.9 Å². The molecule has 260 valence electrons. The van der Waals surface area contributed by atoms with Crippen LogP contribution in [0.4, 0.5) is 5.95 Å². The standard InChI is InChI=1S/C37H46N6O5S/c1-23(2)15-26(5)48-29-19-38-32(39-20-29)21-43-28(18-37(6,7)8)22-47-33-17-31(34-24(3)11-9-12-25(34)4)40-36(41-33)42-49(45,46)30-14-10-13-27(16-30)35(43)44/h9-14,16-17,19-20,23,26,28H,15,18,21-22H2,1-8H3,(H,40,41,42)/t26?,28-/m1/s1. The molecule has 1 N–H and O–H groups in total. The molecule has 2 aromatic heterocycles. The number of aryl methyl sites for hydroxylation is 2. The highest BCUT2D eigenvalue weighted by molar-refractivity contribution is 7.92. The van der Waals surface area contributed by atoms with Gasteiger partial charge in [-0.2, -0.15) is 4.98 Å². The fourth-order valence-corrected chi connectivity index (χ4v) is 7.12. The third kappa shape index (κ3) is 9.11. The second kappa shape index (κ2) is 14.5. The minimum Gasteiger partial charge on any atom is -0.487 e. The molecule has 4 aromatic rings. The molecule has 11 nitrogen and oxygen atoms in total. The van der Waals surface area contributed by atoms with Crippen LogP contribution >= 0.6 is 0 Å². The van der Waals surface area contributed by atoms with Gasteiger partial charge in [0, 0.05) is 17.2 Å². The molecule has 3 heterocycles. The summed E-state index contributed by atoms with van der Waals surface area (Å²) >= 11 is 0. The number of amides is 1. The molecular weight excluding hydrogens is 641 g/mol. The molecule has 2 atom stereocenters. The first-order chi connectivity index (χ1) is 23.1. The second-order valence-corrected chi connectivity index (χ2v) is 16.1. The Labute approximate surface area is 289 Å². The normalized spacial score (nSPS) is 16.9. The van der Waals surface area contributed by atoms with Gasteiger partial charge in [-0.3, -0.25) is 4.79 Å². The molecule has 49 heavy (non-hydrogen) atoms. The van der Waals surface area contributed by atoms with Crippen LogP contribution in [0, 0.1) is 25.2 Å². The summed E-state index contributed by atoms with van der Waals surface area (Å²) in [6.07, 6.45) is 4.69. The van der Waals surface area contributed by atoms with Crippen LogP contribution in [0.25, 0.3) is 11.3 Å². The van der Waals surface area contributed by atoms with E-state index >= 15 is 0 Å². The summed E-state index contributed by atoms with van der Waals surface area (Å²) in [5.41, 5.74) is 3.30. The number of rotatable bonds is 8. The molecule has 0 saturated carbocycles. The van der Waals surface area contributed by atoms with Gasteiger partial charge in [-0.15, -0.1) is 0 Å². The van der Waals surface area contributed by atoms with E-state index in [0.717, 1.165) is 23.1 Å². The first kappa shape index (κ1) is 35.7. The summed E-state index contributed by atoms with van der Waals surface area (Å²) in [5, 5.41) is 0. The molecule has 0 aliphatic carbocycles. The van der Waals surface area contributed by atoms with Gasteiger partial charge in [0.1, 0.15) is 12.4 Å². The van der Waals surface area contributed by atoms with Gasteiger partial charge >= 0.3 is 0 Å². The number of hydrogen-bond donors (Lipinski definition) is 1. The van der Waals surface area contributed by atoms with Gasteiger partial charge in [0.15, 0.2) is 5.75 Å². The van der Waals surface area contributed by atoms with Gasteiger partial charge in [0.05, 0.1) is 41.7 Å². The first-order valence-electron chi connectivity index (χ1n) is 16.6. The smallest absolute Gasteiger partial charge is 0.264 e. The van der Waals surface area contributed by atoms with E-state index in [1.54, 1.807) is 35.5 Å². The van der Waals surface area contributed by atoms with Crippen LogP contribution in [0.3, 0.4) is 0 Å². The van der Waals surface area contributed by atoms with E-state index in [1.165, 1.54) is 12.1 Å². The van der Waals surface area contributed by atoms with Crippen molar-refractivity contribution in [3.63, 3.8) is 0 Å². The molecule has 5 rings (SSSR count). The number of ether oxygens (including phenoxy) is 2. The van der Waals surface area contributed by atoms with Crippen molar-refractivity contribution in [2.24, 2.45) is 11.3 Å². The third-order valence-corrected chi connectivity index (χ3v) is 9.49. The van der Waals surface area contributed by atoms with Crippen LogP contribution in [-0.2, 0) is 16.6 Å². The molecule has 0 radical (unpaired) electrons. The van der Waals surface area contributed by atoms with E-state index in [2.05, 4.69) is 59.3 Å². The zero-order chi connectivity index (χ0) is 35.5. The average molecular weight is 687 g/mol. The van der Waals surface area contributed by atoms with Crippen molar-refractivity contribution in [2.45, 2.75) is 91.8 Å². The number of carbonyl (C=O) groups is 1. The predicted octanol–water partition coefficient (Wildman–Crippen LogP) is 7.00. The molecule has 0 spiro atoms. The minimum absolute atomic E-state index is 0.000855. The highest BCUT2D eigenvalue weighted by Gasteiger charge is 2.32. The minimum atomic E-state index is -4.18. The number of aromatic nitrogens is 4. The molecule has 1 unspecified atom stereocenters. The van der Waals surface area contributed by atoms with Gasteiger partial charge in [-0.1, -0.05) is 58.9 Å². The fraction of sp³-hybridized carbons (Fsp3) is 0.432. The lowest BCUT2D eigenvalue weighted by Crippen LogP contribution is -2.45. The molecule has 1 amide bonds. The number of anilines is 1. The van der Waals surface area contributed by atoms with E-state index in [0.29, 0.717) is 29.6 Å². The molecule has 0 saturated heterocycles.